The van der Waals surface area contributed by atoms with Gasteiger partial charge in [0.05, 0.1) is 19.1 Å². The highest BCUT2D eigenvalue weighted by Gasteiger charge is 2.13. The molecule has 0 aliphatic heterocycles. The van der Waals surface area contributed by atoms with Gasteiger partial charge in [-0.15, -0.1) is 11.8 Å². The molecule has 0 aromatic heterocycles. The first-order valence-electron chi connectivity index (χ1n) is 5.00. The van der Waals surface area contributed by atoms with Crippen LogP contribution in [0.1, 0.15) is 18.9 Å². The number of hydrogen-bond donors (Lipinski definition) is 0. The van der Waals surface area contributed by atoms with E-state index >= 15 is 0 Å². The van der Waals surface area contributed by atoms with E-state index < -0.39 is 0 Å². The van der Waals surface area contributed by atoms with Crippen LogP contribution >= 0.6 is 23.4 Å². The van der Waals surface area contributed by atoms with Crippen LogP contribution in [0.5, 0.6) is 0 Å². The predicted octanol–water partition coefficient (Wildman–Crippen LogP) is 3.26. The lowest BCUT2D eigenvalue weighted by Gasteiger charge is -2.11. The van der Waals surface area contributed by atoms with Gasteiger partial charge in [-0.2, -0.15) is 5.26 Å². The number of ether oxygens (including phenoxy) is 1. The maximum atomic E-state index is 11.1. The number of nitrogens with zero attached hydrogens (tertiary/aromatic N) is 1. The van der Waals surface area contributed by atoms with Crippen LogP contribution in [-0.2, 0) is 9.53 Å². The molecule has 5 heteroatoms. The second-order valence-electron chi connectivity index (χ2n) is 3.46. The van der Waals surface area contributed by atoms with Crippen LogP contribution in [-0.4, -0.2) is 18.3 Å². The standard InChI is InChI=1S/C12H12ClNO2S/c1-8(5-12(15)16-2)17-11-6-10(13)4-3-9(11)7-14/h3-4,6,8H,5H2,1-2H3. The molecule has 0 aliphatic carbocycles. The fraction of sp³-hybridized carbons (Fsp3) is 0.333. The summed E-state index contributed by atoms with van der Waals surface area (Å²) in [5, 5.41) is 9.57. The lowest BCUT2D eigenvalue weighted by atomic mass is 10.2. The molecule has 0 bridgehead atoms. The van der Waals surface area contributed by atoms with Gasteiger partial charge in [0, 0.05) is 15.2 Å². The summed E-state index contributed by atoms with van der Waals surface area (Å²) in [5.41, 5.74) is 0.566. The van der Waals surface area contributed by atoms with E-state index in [1.165, 1.54) is 18.9 Å². The average Bonchev–Trinajstić information content (AvgIpc) is 2.29. The van der Waals surface area contributed by atoms with Gasteiger partial charge in [0.2, 0.25) is 0 Å². The van der Waals surface area contributed by atoms with Gasteiger partial charge in [-0.25, -0.2) is 0 Å². The highest BCUT2D eigenvalue weighted by atomic mass is 35.5. The van der Waals surface area contributed by atoms with E-state index in [0.29, 0.717) is 17.0 Å². The Labute approximate surface area is 110 Å². The average molecular weight is 270 g/mol. The van der Waals surface area contributed by atoms with Crippen LogP contribution in [0, 0.1) is 11.3 Å². The van der Waals surface area contributed by atoms with E-state index in [1.807, 2.05) is 6.92 Å². The summed E-state index contributed by atoms with van der Waals surface area (Å²) < 4.78 is 4.60. The Kier molecular flexibility index (Phi) is 5.33. The maximum absolute atomic E-state index is 11.1. The summed E-state index contributed by atoms with van der Waals surface area (Å²) in [4.78, 5) is 11.9. The van der Waals surface area contributed by atoms with Gasteiger partial charge >= 0.3 is 5.97 Å². The lowest BCUT2D eigenvalue weighted by molar-refractivity contribution is -0.140. The first-order valence-corrected chi connectivity index (χ1v) is 6.25. The van der Waals surface area contributed by atoms with Gasteiger partial charge < -0.3 is 4.74 Å². The quantitative estimate of drug-likeness (QED) is 0.622. The largest absolute Gasteiger partial charge is 0.469 e. The number of nitriles is 1. The van der Waals surface area contributed by atoms with Crippen molar-refractivity contribution in [1.82, 2.24) is 0 Å². The molecule has 3 nitrogen and oxygen atoms in total. The van der Waals surface area contributed by atoms with Gasteiger partial charge in [-0.05, 0) is 18.2 Å². The maximum Gasteiger partial charge on any atom is 0.306 e. The van der Waals surface area contributed by atoms with Crippen LogP contribution in [0.15, 0.2) is 23.1 Å². The molecular formula is C12H12ClNO2S. The van der Waals surface area contributed by atoms with Crippen LogP contribution < -0.4 is 0 Å². The summed E-state index contributed by atoms with van der Waals surface area (Å²) in [6, 6.07) is 7.19. The molecule has 0 radical (unpaired) electrons. The predicted molar refractivity (Wildman–Crippen MR) is 68.1 cm³/mol. The number of carbonyl (C=O) groups excluding carboxylic acids is 1. The van der Waals surface area contributed by atoms with Gasteiger partial charge in [0.1, 0.15) is 6.07 Å². The normalized spacial score (nSPS) is 11.6. The van der Waals surface area contributed by atoms with Gasteiger partial charge in [0.25, 0.3) is 0 Å². The Morgan fingerprint density at radius 2 is 2.35 bits per heavy atom. The molecule has 1 atom stereocenters. The minimum atomic E-state index is -0.259. The molecule has 0 aliphatic rings. The van der Waals surface area contributed by atoms with Crippen molar-refractivity contribution in [2.45, 2.75) is 23.5 Å². The van der Waals surface area contributed by atoms with E-state index in [-0.39, 0.29) is 11.2 Å². The summed E-state index contributed by atoms with van der Waals surface area (Å²) in [5.74, 6) is -0.259. The number of carbonyl (C=O) groups is 1. The van der Waals surface area contributed by atoms with Gasteiger partial charge in [0.15, 0.2) is 0 Å². The number of esters is 1. The van der Waals surface area contributed by atoms with Crippen molar-refractivity contribution in [2.24, 2.45) is 0 Å². The van der Waals surface area contributed by atoms with Crippen molar-refractivity contribution in [1.29, 1.82) is 5.26 Å². The van der Waals surface area contributed by atoms with E-state index in [2.05, 4.69) is 10.8 Å². The third-order valence-electron chi connectivity index (χ3n) is 2.07. The number of thioether (sulfide) groups is 1. The lowest BCUT2D eigenvalue weighted by Crippen LogP contribution is -2.08. The van der Waals surface area contributed by atoms with Gasteiger partial charge in [-0.3, -0.25) is 4.79 Å². The van der Waals surface area contributed by atoms with Crippen molar-refractivity contribution in [3.63, 3.8) is 0 Å². The fourth-order valence-corrected chi connectivity index (χ4v) is 2.59. The Balaban J connectivity index is 2.77. The first kappa shape index (κ1) is 13.9. The molecule has 0 saturated heterocycles. The number of benzene rings is 1. The summed E-state index contributed by atoms with van der Waals surface area (Å²) >= 11 is 7.32. The highest BCUT2D eigenvalue weighted by molar-refractivity contribution is 8.00. The number of halogens is 1. The molecular weight excluding hydrogens is 258 g/mol. The van der Waals surface area contributed by atoms with Crippen molar-refractivity contribution in [3.05, 3.63) is 28.8 Å². The zero-order valence-corrected chi connectivity index (χ0v) is 11.1. The Morgan fingerprint density at radius 3 is 2.94 bits per heavy atom. The molecule has 1 aromatic rings. The first-order chi connectivity index (χ1) is 8.06. The van der Waals surface area contributed by atoms with E-state index in [9.17, 15) is 4.79 Å². The Morgan fingerprint density at radius 1 is 1.65 bits per heavy atom. The van der Waals surface area contributed by atoms with Gasteiger partial charge in [-0.1, -0.05) is 18.5 Å². The Hall–Kier alpha value is -1.18. The molecule has 0 saturated carbocycles. The highest BCUT2D eigenvalue weighted by Crippen LogP contribution is 2.30. The number of methoxy groups -OCH3 is 1. The van der Waals surface area contributed by atoms with Crippen LogP contribution in [0.2, 0.25) is 5.02 Å². The number of hydrogen-bond acceptors (Lipinski definition) is 4. The second-order valence-corrected chi connectivity index (χ2v) is 5.38. The van der Waals surface area contributed by atoms with E-state index in [1.54, 1.807) is 18.2 Å². The minimum absolute atomic E-state index is 0.0352. The molecule has 0 spiro atoms. The van der Waals surface area contributed by atoms with Crippen molar-refractivity contribution in [2.75, 3.05) is 7.11 Å². The number of rotatable bonds is 4. The topological polar surface area (TPSA) is 50.1 Å². The van der Waals surface area contributed by atoms with Crippen molar-refractivity contribution in [3.8, 4) is 6.07 Å². The zero-order valence-electron chi connectivity index (χ0n) is 9.57. The molecule has 17 heavy (non-hydrogen) atoms. The SMILES string of the molecule is COC(=O)CC(C)Sc1cc(Cl)ccc1C#N. The second kappa shape index (κ2) is 6.53. The van der Waals surface area contributed by atoms with E-state index in [0.717, 1.165) is 4.90 Å². The van der Waals surface area contributed by atoms with Crippen LogP contribution in [0.4, 0.5) is 0 Å². The molecule has 1 unspecified atom stereocenters. The molecule has 0 heterocycles. The molecule has 0 amide bonds. The van der Waals surface area contributed by atoms with Crippen LogP contribution in [0.25, 0.3) is 0 Å². The van der Waals surface area contributed by atoms with E-state index in [4.69, 9.17) is 16.9 Å². The molecule has 1 aromatic carbocycles. The van der Waals surface area contributed by atoms with Crippen LogP contribution in [0.3, 0.4) is 0 Å². The minimum Gasteiger partial charge on any atom is -0.469 e. The third kappa shape index (κ3) is 4.29. The summed E-state index contributed by atoms with van der Waals surface area (Å²) in [6.07, 6.45) is 0.304. The smallest absolute Gasteiger partial charge is 0.306 e. The Bertz CT molecular complexity index is 456. The summed E-state index contributed by atoms with van der Waals surface area (Å²) in [7, 11) is 1.36. The molecule has 0 N–H and O–H groups in total. The third-order valence-corrected chi connectivity index (χ3v) is 3.47. The monoisotopic (exact) mass is 269 g/mol. The van der Waals surface area contributed by atoms with Crippen molar-refractivity contribution < 1.29 is 9.53 Å². The molecule has 0 fully saturated rings. The zero-order chi connectivity index (χ0) is 12.8. The fourth-order valence-electron chi connectivity index (χ4n) is 1.26. The molecule has 90 valence electrons. The molecule has 1 rings (SSSR count). The van der Waals surface area contributed by atoms with Crippen molar-refractivity contribution >= 4 is 29.3 Å². The summed E-state index contributed by atoms with van der Waals surface area (Å²) in [6.45, 7) is 1.91.